The Morgan fingerprint density at radius 1 is 0.792 bits per heavy atom. The number of unbranched alkanes of at least 4 members (excludes halogenated alkanes) is 10. The molecule has 0 aliphatic carbocycles. The van der Waals surface area contributed by atoms with Gasteiger partial charge in [-0.2, -0.15) is 0 Å². The lowest BCUT2D eigenvalue weighted by atomic mass is 9.91. The average molecular weight is 338 g/mol. The summed E-state index contributed by atoms with van der Waals surface area (Å²) in [4.78, 5) is 11.9. The zero-order valence-electron chi connectivity index (χ0n) is 16.6. The molecule has 0 aromatic carbocycles. The summed E-state index contributed by atoms with van der Waals surface area (Å²) in [6.07, 6.45) is 16.7. The van der Waals surface area contributed by atoms with Crippen LogP contribution in [0.2, 0.25) is 0 Å². The molecule has 2 nitrogen and oxygen atoms in total. The number of esters is 1. The van der Waals surface area contributed by atoms with Crippen LogP contribution in [-0.4, -0.2) is 11.6 Å². The van der Waals surface area contributed by atoms with E-state index in [9.17, 15) is 4.79 Å². The standard InChI is InChI=1S/C22H41O2/c1-6-8-10-12-14-16-18-22(5,24-21(23)20(3)4)19-17-15-13-11-9-7-2/h3,5-19H2,1-2,4H3. The summed E-state index contributed by atoms with van der Waals surface area (Å²) in [5.74, 6) is -0.290. The van der Waals surface area contributed by atoms with Gasteiger partial charge < -0.3 is 4.74 Å². The Hall–Kier alpha value is -0.790. The van der Waals surface area contributed by atoms with Crippen molar-refractivity contribution < 1.29 is 9.53 Å². The van der Waals surface area contributed by atoms with Crippen molar-refractivity contribution in [3.8, 4) is 0 Å². The first-order valence-electron chi connectivity index (χ1n) is 10.2. The molecule has 0 saturated carbocycles. The molecule has 0 aliphatic rings. The van der Waals surface area contributed by atoms with Gasteiger partial charge in [-0.3, -0.25) is 0 Å². The van der Waals surface area contributed by atoms with E-state index in [-0.39, 0.29) is 5.97 Å². The highest BCUT2D eigenvalue weighted by atomic mass is 16.6. The molecule has 0 unspecified atom stereocenters. The molecule has 0 N–H and O–H groups in total. The topological polar surface area (TPSA) is 26.3 Å². The van der Waals surface area contributed by atoms with E-state index in [1.807, 2.05) is 0 Å². The van der Waals surface area contributed by atoms with Crippen LogP contribution in [0.25, 0.3) is 0 Å². The number of carbonyl (C=O) groups is 1. The van der Waals surface area contributed by atoms with Crippen LogP contribution in [0.3, 0.4) is 0 Å². The van der Waals surface area contributed by atoms with Crippen LogP contribution in [0, 0.1) is 6.92 Å². The van der Waals surface area contributed by atoms with Gasteiger partial charge in [0, 0.05) is 5.57 Å². The summed E-state index contributed by atoms with van der Waals surface area (Å²) in [5, 5.41) is 0. The van der Waals surface area contributed by atoms with Crippen molar-refractivity contribution >= 4 is 5.97 Å². The Bertz CT molecular complexity index is 317. The van der Waals surface area contributed by atoms with E-state index in [0.29, 0.717) is 5.57 Å². The molecule has 0 saturated heterocycles. The van der Waals surface area contributed by atoms with Crippen molar-refractivity contribution in [3.05, 3.63) is 19.1 Å². The number of hydrogen-bond donors (Lipinski definition) is 0. The van der Waals surface area contributed by atoms with E-state index in [0.717, 1.165) is 25.7 Å². The highest BCUT2D eigenvalue weighted by molar-refractivity contribution is 5.87. The number of hydrogen-bond acceptors (Lipinski definition) is 2. The lowest BCUT2D eigenvalue weighted by Crippen LogP contribution is -2.32. The smallest absolute Gasteiger partial charge is 0.333 e. The van der Waals surface area contributed by atoms with Crippen LogP contribution in [-0.2, 0) is 9.53 Å². The first-order chi connectivity index (χ1) is 11.4. The second-order valence-corrected chi connectivity index (χ2v) is 7.39. The molecule has 0 amide bonds. The van der Waals surface area contributed by atoms with Gasteiger partial charge in [-0.25, -0.2) is 4.79 Å². The minimum Gasteiger partial charge on any atom is -0.456 e. The number of carbonyl (C=O) groups excluding carboxylic acids is 1. The van der Waals surface area contributed by atoms with Crippen molar-refractivity contribution in [2.75, 3.05) is 0 Å². The fourth-order valence-electron chi connectivity index (χ4n) is 2.97. The zero-order valence-corrected chi connectivity index (χ0v) is 16.6. The van der Waals surface area contributed by atoms with Crippen molar-refractivity contribution in [1.82, 2.24) is 0 Å². The zero-order chi connectivity index (χ0) is 18.3. The normalized spacial score (nSPS) is 11.5. The molecular weight excluding hydrogens is 296 g/mol. The maximum atomic E-state index is 11.9. The van der Waals surface area contributed by atoms with Crippen LogP contribution in [0.1, 0.15) is 111 Å². The molecule has 0 bridgehead atoms. The van der Waals surface area contributed by atoms with Gasteiger partial charge in [0.25, 0.3) is 0 Å². The summed E-state index contributed by atoms with van der Waals surface area (Å²) in [7, 11) is 0. The summed E-state index contributed by atoms with van der Waals surface area (Å²) < 4.78 is 5.71. The molecule has 0 aliphatic heterocycles. The molecule has 0 aromatic heterocycles. The third kappa shape index (κ3) is 12.6. The summed E-state index contributed by atoms with van der Waals surface area (Å²) >= 11 is 0. The van der Waals surface area contributed by atoms with Gasteiger partial charge in [-0.05, 0) is 39.5 Å². The van der Waals surface area contributed by atoms with Gasteiger partial charge in [0.2, 0.25) is 0 Å². The molecule has 0 heterocycles. The minimum absolute atomic E-state index is 0.290. The molecule has 0 fully saturated rings. The average Bonchev–Trinajstić information content (AvgIpc) is 2.54. The van der Waals surface area contributed by atoms with Crippen molar-refractivity contribution in [2.24, 2.45) is 0 Å². The third-order valence-corrected chi connectivity index (χ3v) is 4.63. The summed E-state index contributed by atoms with van der Waals surface area (Å²) in [5.41, 5.74) is -0.0974. The second-order valence-electron chi connectivity index (χ2n) is 7.39. The third-order valence-electron chi connectivity index (χ3n) is 4.63. The molecule has 0 atom stereocenters. The molecule has 0 aromatic rings. The van der Waals surface area contributed by atoms with Crippen LogP contribution in [0.15, 0.2) is 12.2 Å². The number of rotatable bonds is 16. The Morgan fingerprint density at radius 2 is 1.17 bits per heavy atom. The fourth-order valence-corrected chi connectivity index (χ4v) is 2.97. The van der Waals surface area contributed by atoms with Gasteiger partial charge in [-0.1, -0.05) is 84.6 Å². The lowest BCUT2D eigenvalue weighted by molar-refractivity contribution is -0.152. The Labute approximate surface area is 151 Å². The minimum atomic E-state index is -0.564. The SMILES string of the molecule is [CH2]C(CCCCCCCC)(CCCCCCCC)OC(=O)C(=C)C. The van der Waals surface area contributed by atoms with Crippen LogP contribution >= 0.6 is 0 Å². The van der Waals surface area contributed by atoms with Crippen LogP contribution < -0.4 is 0 Å². The Balaban J connectivity index is 4.22. The van der Waals surface area contributed by atoms with Crippen LogP contribution in [0.4, 0.5) is 0 Å². The van der Waals surface area contributed by atoms with Gasteiger partial charge in [0.15, 0.2) is 0 Å². The monoisotopic (exact) mass is 337 g/mol. The molecule has 0 spiro atoms. The van der Waals surface area contributed by atoms with Gasteiger partial charge in [0.1, 0.15) is 5.60 Å². The first kappa shape index (κ1) is 23.2. The fraction of sp³-hybridized carbons (Fsp3) is 0.818. The summed E-state index contributed by atoms with van der Waals surface area (Å²) in [6.45, 7) is 14.1. The first-order valence-corrected chi connectivity index (χ1v) is 10.2. The van der Waals surface area contributed by atoms with E-state index in [1.54, 1.807) is 6.92 Å². The molecular formula is C22H41O2. The van der Waals surface area contributed by atoms with E-state index < -0.39 is 5.60 Å². The van der Waals surface area contributed by atoms with Gasteiger partial charge in [-0.15, -0.1) is 0 Å². The predicted octanol–water partition coefficient (Wildman–Crippen LogP) is 7.18. The molecule has 1 radical (unpaired) electrons. The van der Waals surface area contributed by atoms with E-state index in [4.69, 9.17) is 4.74 Å². The predicted molar refractivity (Wildman–Crippen MR) is 105 cm³/mol. The van der Waals surface area contributed by atoms with Crippen molar-refractivity contribution in [2.45, 2.75) is 116 Å². The molecule has 0 rings (SSSR count). The van der Waals surface area contributed by atoms with E-state index >= 15 is 0 Å². The maximum absolute atomic E-state index is 11.9. The quantitative estimate of drug-likeness (QED) is 0.169. The Morgan fingerprint density at radius 3 is 1.54 bits per heavy atom. The van der Waals surface area contributed by atoms with Crippen molar-refractivity contribution in [1.29, 1.82) is 0 Å². The maximum Gasteiger partial charge on any atom is 0.333 e. The van der Waals surface area contributed by atoms with E-state index in [1.165, 1.54) is 64.2 Å². The van der Waals surface area contributed by atoms with Gasteiger partial charge in [0.05, 0.1) is 0 Å². The van der Waals surface area contributed by atoms with Crippen LogP contribution in [0.5, 0.6) is 0 Å². The molecule has 141 valence electrons. The highest BCUT2D eigenvalue weighted by Crippen LogP contribution is 2.27. The summed E-state index contributed by atoms with van der Waals surface area (Å²) in [6, 6.07) is 0. The molecule has 24 heavy (non-hydrogen) atoms. The largest absolute Gasteiger partial charge is 0.456 e. The lowest BCUT2D eigenvalue weighted by Gasteiger charge is -2.30. The highest BCUT2D eigenvalue weighted by Gasteiger charge is 2.28. The van der Waals surface area contributed by atoms with Crippen molar-refractivity contribution in [3.63, 3.8) is 0 Å². The van der Waals surface area contributed by atoms with Gasteiger partial charge >= 0.3 is 5.97 Å². The molecule has 2 heteroatoms. The Kier molecular flexibility index (Phi) is 14.1. The number of ether oxygens (including phenoxy) is 1. The van der Waals surface area contributed by atoms with E-state index in [2.05, 4.69) is 27.4 Å². The second kappa shape index (κ2) is 14.5.